The summed E-state index contributed by atoms with van der Waals surface area (Å²) in [4.78, 5) is 31.1. The van der Waals surface area contributed by atoms with Crippen molar-refractivity contribution in [2.75, 3.05) is 12.4 Å². The first-order valence-corrected chi connectivity index (χ1v) is 10.6. The van der Waals surface area contributed by atoms with E-state index in [1.54, 1.807) is 31.8 Å². The van der Waals surface area contributed by atoms with Crippen molar-refractivity contribution in [2.45, 2.75) is 12.8 Å². The predicted molar refractivity (Wildman–Crippen MR) is 119 cm³/mol. The third kappa shape index (κ3) is 4.09. The van der Waals surface area contributed by atoms with Gasteiger partial charge in [-0.3, -0.25) is 15.1 Å². The number of carbonyl (C=O) groups is 1. The molecular formula is C23H17N5O2S. The molecule has 0 radical (unpaired) electrons. The third-order valence-electron chi connectivity index (χ3n) is 4.80. The topological polar surface area (TPSA) is 89.9 Å². The number of aromatic nitrogens is 4. The summed E-state index contributed by atoms with van der Waals surface area (Å²) in [7, 11) is 1.60. The molecule has 1 amide bonds. The Balaban J connectivity index is 1.43. The Kier molecular flexibility index (Phi) is 5.02. The smallest absolute Gasteiger partial charge is 0.258 e. The van der Waals surface area contributed by atoms with Gasteiger partial charge in [0.05, 0.1) is 18.9 Å². The molecular weight excluding hydrogens is 410 g/mol. The number of nitrogens with zero attached hydrogens (tertiary/aromatic N) is 4. The number of hydrogen-bond donors (Lipinski definition) is 1. The summed E-state index contributed by atoms with van der Waals surface area (Å²) < 4.78 is 5.45. The zero-order valence-corrected chi connectivity index (χ0v) is 17.4. The van der Waals surface area contributed by atoms with Crippen LogP contribution in [0.25, 0.3) is 21.5 Å². The molecule has 1 fully saturated rings. The molecule has 1 aliphatic carbocycles. The molecule has 1 N–H and O–H groups in total. The van der Waals surface area contributed by atoms with Gasteiger partial charge in [-0.1, -0.05) is 35.5 Å². The Bertz CT molecular complexity index is 1350. The lowest BCUT2D eigenvalue weighted by molar-refractivity contribution is 0.102. The van der Waals surface area contributed by atoms with Gasteiger partial charge in [0.1, 0.15) is 16.1 Å². The Morgan fingerprint density at radius 3 is 2.87 bits per heavy atom. The van der Waals surface area contributed by atoms with E-state index < -0.39 is 0 Å². The lowest BCUT2D eigenvalue weighted by Crippen LogP contribution is -2.13. The molecule has 0 bridgehead atoms. The van der Waals surface area contributed by atoms with Crippen molar-refractivity contribution in [3.8, 4) is 28.7 Å². The van der Waals surface area contributed by atoms with Gasteiger partial charge in [-0.25, -0.2) is 15.0 Å². The first-order valence-electron chi connectivity index (χ1n) is 9.75. The fourth-order valence-corrected chi connectivity index (χ4v) is 3.89. The van der Waals surface area contributed by atoms with Crippen LogP contribution in [0.3, 0.4) is 0 Å². The summed E-state index contributed by atoms with van der Waals surface area (Å²) in [6, 6.07) is 9.19. The van der Waals surface area contributed by atoms with Crippen molar-refractivity contribution in [2.24, 2.45) is 5.92 Å². The fraction of sp³-hybridized carbons (Fsp3) is 0.174. The number of amides is 1. The summed E-state index contributed by atoms with van der Waals surface area (Å²) in [5.74, 6) is 7.50. The Morgan fingerprint density at radius 2 is 2.03 bits per heavy atom. The van der Waals surface area contributed by atoms with E-state index >= 15 is 0 Å². The number of carbonyl (C=O) groups excluding carboxylic acids is 1. The minimum atomic E-state index is -0.288. The predicted octanol–water partition coefficient (Wildman–Crippen LogP) is 4.17. The van der Waals surface area contributed by atoms with Crippen LogP contribution in [0, 0.1) is 17.8 Å². The van der Waals surface area contributed by atoms with E-state index in [0.717, 1.165) is 18.4 Å². The van der Waals surface area contributed by atoms with E-state index in [4.69, 9.17) is 4.74 Å². The number of rotatable bonds is 4. The van der Waals surface area contributed by atoms with Gasteiger partial charge in [-0.2, -0.15) is 0 Å². The average Bonchev–Trinajstić information content (AvgIpc) is 3.55. The van der Waals surface area contributed by atoms with Gasteiger partial charge in [-0.05, 0) is 30.9 Å². The number of ether oxygens (including phenoxy) is 1. The molecule has 4 aromatic rings. The number of hydrogen-bond acceptors (Lipinski definition) is 7. The van der Waals surface area contributed by atoms with Crippen molar-refractivity contribution >= 4 is 32.7 Å². The van der Waals surface area contributed by atoms with Crippen LogP contribution in [0.5, 0.6) is 5.75 Å². The second-order valence-electron chi connectivity index (χ2n) is 7.02. The van der Waals surface area contributed by atoms with E-state index in [1.165, 1.54) is 11.3 Å². The molecule has 152 valence electrons. The van der Waals surface area contributed by atoms with E-state index in [-0.39, 0.29) is 5.91 Å². The van der Waals surface area contributed by atoms with Crippen LogP contribution in [0.4, 0.5) is 5.13 Å². The molecule has 0 aliphatic heterocycles. The number of benzene rings is 1. The minimum Gasteiger partial charge on any atom is -0.496 e. The number of pyridine rings is 1. The first kappa shape index (κ1) is 19.2. The van der Waals surface area contributed by atoms with Gasteiger partial charge in [0, 0.05) is 29.4 Å². The Labute approximate surface area is 182 Å². The van der Waals surface area contributed by atoms with E-state index in [9.17, 15) is 4.79 Å². The summed E-state index contributed by atoms with van der Waals surface area (Å²) in [5, 5.41) is 3.32. The number of fused-ring (bicyclic) bond motifs is 1. The van der Waals surface area contributed by atoms with Crippen LogP contribution >= 0.6 is 11.3 Å². The Hall–Kier alpha value is -3.83. The molecule has 1 saturated carbocycles. The van der Waals surface area contributed by atoms with Crippen molar-refractivity contribution in [3.05, 3.63) is 60.3 Å². The van der Waals surface area contributed by atoms with Gasteiger partial charge in [0.25, 0.3) is 5.91 Å². The van der Waals surface area contributed by atoms with Crippen molar-refractivity contribution in [3.63, 3.8) is 0 Å². The number of thiazole rings is 1. The minimum absolute atomic E-state index is 0.288. The van der Waals surface area contributed by atoms with Crippen LogP contribution in [0.2, 0.25) is 0 Å². The molecule has 1 aromatic carbocycles. The molecule has 7 nitrogen and oxygen atoms in total. The number of anilines is 1. The zero-order chi connectivity index (χ0) is 21.2. The highest BCUT2D eigenvalue weighted by Crippen LogP contribution is 2.32. The second kappa shape index (κ2) is 8.13. The number of nitrogens with one attached hydrogen (secondary N) is 1. The van der Waals surface area contributed by atoms with Gasteiger partial charge >= 0.3 is 0 Å². The average molecular weight is 427 g/mol. The van der Waals surface area contributed by atoms with Gasteiger partial charge < -0.3 is 4.74 Å². The highest BCUT2D eigenvalue weighted by molar-refractivity contribution is 7.21. The van der Waals surface area contributed by atoms with Crippen LogP contribution in [-0.4, -0.2) is 33.0 Å². The molecule has 8 heteroatoms. The summed E-state index contributed by atoms with van der Waals surface area (Å²) in [5.41, 5.74) is 2.56. The fourth-order valence-electron chi connectivity index (χ4n) is 3.08. The largest absolute Gasteiger partial charge is 0.496 e. The maximum Gasteiger partial charge on any atom is 0.258 e. The molecule has 0 spiro atoms. The molecule has 5 rings (SSSR count). The van der Waals surface area contributed by atoms with Crippen molar-refractivity contribution in [1.82, 2.24) is 19.9 Å². The van der Waals surface area contributed by atoms with Crippen molar-refractivity contribution in [1.29, 1.82) is 0 Å². The molecule has 3 aromatic heterocycles. The number of methoxy groups -OCH3 is 1. The summed E-state index contributed by atoms with van der Waals surface area (Å²) in [6.45, 7) is 0. The molecule has 0 atom stereocenters. The van der Waals surface area contributed by atoms with Gasteiger partial charge in [0.2, 0.25) is 5.82 Å². The maximum atomic E-state index is 13.1. The monoisotopic (exact) mass is 427 g/mol. The molecule has 31 heavy (non-hydrogen) atoms. The van der Waals surface area contributed by atoms with Crippen LogP contribution in [0.15, 0.2) is 48.9 Å². The highest BCUT2D eigenvalue weighted by atomic mass is 32.1. The normalized spacial score (nSPS) is 12.8. The van der Waals surface area contributed by atoms with Gasteiger partial charge in [-0.15, -0.1) is 0 Å². The van der Waals surface area contributed by atoms with Crippen LogP contribution < -0.4 is 10.1 Å². The van der Waals surface area contributed by atoms with Crippen molar-refractivity contribution < 1.29 is 9.53 Å². The lowest BCUT2D eigenvalue weighted by atomic mass is 10.0. The van der Waals surface area contributed by atoms with Gasteiger partial charge in [0.15, 0.2) is 5.13 Å². The SMILES string of the molecule is COc1ccccc1-c1cnccc1C(=O)Nc1nc2cnc(C#CC3CC3)nc2s1. The summed E-state index contributed by atoms with van der Waals surface area (Å²) >= 11 is 1.29. The summed E-state index contributed by atoms with van der Waals surface area (Å²) in [6.07, 6.45) is 7.18. The van der Waals surface area contributed by atoms with Crippen LogP contribution in [0.1, 0.15) is 29.0 Å². The maximum absolute atomic E-state index is 13.1. The second-order valence-corrected chi connectivity index (χ2v) is 8.00. The Morgan fingerprint density at radius 1 is 1.16 bits per heavy atom. The van der Waals surface area contributed by atoms with Crippen LogP contribution in [-0.2, 0) is 0 Å². The quantitative estimate of drug-likeness (QED) is 0.492. The highest BCUT2D eigenvalue weighted by Gasteiger charge is 2.19. The zero-order valence-electron chi connectivity index (χ0n) is 16.6. The third-order valence-corrected chi connectivity index (χ3v) is 5.68. The lowest BCUT2D eigenvalue weighted by Gasteiger charge is -2.11. The first-order chi connectivity index (χ1) is 15.2. The molecule has 0 unspecified atom stereocenters. The van der Waals surface area contributed by atoms with E-state index in [1.807, 2.05) is 24.3 Å². The molecule has 3 heterocycles. The molecule has 1 aliphatic rings. The number of para-hydroxylation sites is 1. The van der Waals surface area contributed by atoms with E-state index in [0.29, 0.717) is 44.1 Å². The standard InChI is InChI=1S/C23H17N5O2S/c1-30-19-5-3-2-4-15(19)17-12-24-11-10-16(17)21(29)28-23-26-18-13-25-20(27-22(18)31-23)9-8-14-6-7-14/h2-5,10-14H,6-7H2,1H3,(H,26,28,29). The van der Waals surface area contributed by atoms with E-state index in [2.05, 4.69) is 37.1 Å². The molecule has 0 saturated heterocycles.